The van der Waals surface area contributed by atoms with E-state index in [0.717, 1.165) is 12.8 Å². The van der Waals surface area contributed by atoms with Crippen molar-refractivity contribution in [1.29, 1.82) is 0 Å². The molecule has 0 unspecified atom stereocenters. The average molecular weight is 174 g/mol. The van der Waals surface area contributed by atoms with Gasteiger partial charge in [-0.05, 0) is 17.5 Å². The Kier molecular flexibility index (Phi) is 4.08. The molecule has 1 aromatic rings. The highest BCUT2D eigenvalue weighted by Gasteiger charge is 1.94. The molecule has 1 rings (SSSR count). The van der Waals surface area contributed by atoms with Crippen LogP contribution in [0, 0.1) is 12.3 Å². The number of hydrogen-bond acceptors (Lipinski definition) is 1. The van der Waals surface area contributed by atoms with Crippen molar-refractivity contribution in [3.63, 3.8) is 0 Å². The van der Waals surface area contributed by atoms with Gasteiger partial charge in [-0.1, -0.05) is 24.3 Å². The van der Waals surface area contributed by atoms with E-state index >= 15 is 0 Å². The molecule has 0 saturated heterocycles. The Labute approximate surface area is 79.7 Å². The predicted molar refractivity (Wildman–Crippen MR) is 54.3 cm³/mol. The fourth-order valence-corrected chi connectivity index (χ4v) is 1.26. The van der Waals surface area contributed by atoms with Crippen molar-refractivity contribution in [1.82, 2.24) is 0 Å². The molecule has 0 aliphatic rings. The van der Waals surface area contributed by atoms with E-state index in [2.05, 4.69) is 24.1 Å². The van der Waals surface area contributed by atoms with Crippen LogP contribution in [0.2, 0.25) is 0 Å². The normalized spacial score (nSPS) is 9.54. The molecule has 13 heavy (non-hydrogen) atoms. The molecule has 0 fully saturated rings. The minimum absolute atomic E-state index is 0.671. The first-order valence-electron chi connectivity index (χ1n) is 4.37. The van der Waals surface area contributed by atoms with Crippen molar-refractivity contribution >= 4 is 0 Å². The quantitative estimate of drug-likeness (QED) is 0.637. The molecule has 0 atom stereocenters. The van der Waals surface area contributed by atoms with Crippen molar-refractivity contribution in [3.8, 4) is 12.3 Å². The van der Waals surface area contributed by atoms with Crippen LogP contribution in [0.1, 0.15) is 17.5 Å². The standard InChI is InChI=1S/C12H14O/c1-3-4-6-11-7-5-8-12(9-11)10-13-2/h1,5,7-9H,4,6,10H2,2H3. The van der Waals surface area contributed by atoms with Gasteiger partial charge in [0.2, 0.25) is 0 Å². The molecule has 1 heteroatoms. The Morgan fingerprint density at radius 3 is 2.85 bits per heavy atom. The molecule has 0 aliphatic carbocycles. The summed E-state index contributed by atoms with van der Waals surface area (Å²) in [7, 11) is 1.70. The summed E-state index contributed by atoms with van der Waals surface area (Å²) in [6.45, 7) is 0.671. The zero-order valence-electron chi connectivity index (χ0n) is 7.92. The van der Waals surface area contributed by atoms with Gasteiger partial charge in [0.25, 0.3) is 0 Å². The lowest BCUT2D eigenvalue weighted by Crippen LogP contribution is -1.90. The lowest BCUT2D eigenvalue weighted by atomic mass is 10.1. The SMILES string of the molecule is C#CCCc1cccc(COC)c1. The van der Waals surface area contributed by atoms with Gasteiger partial charge in [0.15, 0.2) is 0 Å². The van der Waals surface area contributed by atoms with E-state index in [1.165, 1.54) is 11.1 Å². The van der Waals surface area contributed by atoms with E-state index in [9.17, 15) is 0 Å². The second-order valence-corrected chi connectivity index (χ2v) is 2.96. The van der Waals surface area contributed by atoms with Crippen LogP contribution in [0.25, 0.3) is 0 Å². The van der Waals surface area contributed by atoms with Gasteiger partial charge in [-0.3, -0.25) is 0 Å². The first-order valence-corrected chi connectivity index (χ1v) is 4.37. The van der Waals surface area contributed by atoms with E-state index in [4.69, 9.17) is 11.2 Å². The monoisotopic (exact) mass is 174 g/mol. The Hall–Kier alpha value is -1.26. The molecule has 0 amide bonds. The highest BCUT2D eigenvalue weighted by molar-refractivity contribution is 5.23. The molecule has 0 N–H and O–H groups in total. The molecule has 0 saturated carbocycles. The summed E-state index contributed by atoms with van der Waals surface area (Å²) in [5, 5.41) is 0. The Bertz CT molecular complexity index is 296. The average Bonchev–Trinajstić information content (AvgIpc) is 2.16. The number of aryl methyl sites for hydroxylation is 1. The number of rotatable bonds is 4. The van der Waals surface area contributed by atoms with Crippen LogP contribution in [-0.4, -0.2) is 7.11 Å². The zero-order valence-corrected chi connectivity index (χ0v) is 7.92. The molecule has 1 nitrogen and oxygen atoms in total. The second kappa shape index (κ2) is 5.40. The third-order valence-corrected chi connectivity index (χ3v) is 1.86. The maximum Gasteiger partial charge on any atom is 0.0713 e. The first kappa shape index (κ1) is 9.83. The minimum atomic E-state index is 0.671. The van der Waals surface area contributed by atoms with Gasteiger partial charge < -0.3 is 4.74 Å². The van der Waals surface area contributed by atoms with Gasteiger partial charge in [-0.15, -0.1) is 12.3 Å². The van der Waals surface area contributed by atoms with Crippen molar-refractivity contribution < 1.29 is 4.74 Å². The van der Waals surface area contributed by atoms with Gasteiger partial charge in [0.05, 0.1) is 6.61 Å². The van der Waals surface area contributed by atoms with E-state index < -0.39 is 0 Å². The van der Waals surface area contributed by atoms with Crippen LogP contribution < -0.4 is 0 Å². The van der Waals surface area contributed by atoms with Crippen molar-refractivity contribution in [2.75, 3.05) is 7.11 Å². The number of terminal acetylenes is 1. The molecule has 1 aromatic carbocycles. The summed E-state index contributed by atoms with van der Waals surface area (Å²) in [5.41, 5.74) is 2.49. The van der Waals surface area contributed by atoms with Gasteiger partial charge in [0.1, 0.15) is 0 Å². The largest absolute Gasteiger partial charge is 0.380 e. The molecule has 0 spiro atoms. The molecular weight excluding hydrogens is 160 g/mol. The first-order chi connectivity index (χ1) is 6.36. The molecule has 0 heterocycles. The minimum Gasteiger partial charge on any atom is -0.380 e. The van der Waals surface area contributed by atoms with Crippen molar-refractivity contribution in [3.05, 3.63) is 35.4 Å². The van der Waals surface area contributed by atoms with Gasteiger partial charge in [-0.25, -0.2) is 0 Å². The van der Waals surface area contributed by atoms with E-state index in [0.29, 0.717) is 6.61 Å². The predicted octanol–water partition coefficient (Wildman–Crippen LogP) is 2.40. The third-order valence-electron chi connectivity index (χ3n) is 1.86. The van der Waals surface area contributed by atoms with E-state index in [-0.39, 0.29) is 0 Å². The molecule has 68 valence electrons. The highest BCUT2D eigenvalue weighted by Crippen LogP contribution is 2.08. The fraction of sp³-hybridized carbons (Fsp3) is 0.333. The maximum absolute atomic E-state index is 5.20. The van der Waals surface area contributed by atoms with Gasteiger partial charge >= 0.3 is 0 Å². The van der Waals surface area contributed by atoms with Crippen LogP contribution in [-0.2, 0) is 17.8 Å². The summed E-state index contributed by atoms with van der Waals surface area (Å²) in [4.78, 5) is 0. The van der Waals surface area contributed by atoms with Crippen molar-refractivity contribution in [2.24, 2.45) is 0 Å². The second-order valence-electron chi connectivity index (χ2n) is 2.96. The fourth-order valence-electron chi connectivity index (χ4n) is 1.26. The number of benzene rings is 1. The van der Waals surface area contributed by atoms with E-state index in [1.54, 1.807) is 7.11 Å². The summed E-state index contributed by atoms with van der Waals surface area (Å²) in [6.07, 6.45) is 6.95. The van der Waals surface area contributed by atoms with Crippen molar-refractivity contribution in [2.45, 2.75) is 19.4 Å². The Morgan fingerprint density at radius 2 is 2.15 bits per heavy atom. The Balaban J connectivity index is 2.63. The molecule has 0 bridgehead atoms. The van der Waals surface area contributed by atoms with Gasteiger partial charge in [-0.2, -0.15) is 0 Å². The van der Waals surface area contributed by atoms with Crippen LogP contribution >= 0.6 is 0 Å². The van der Waals surface area contributed by atoms with Gasteiger partial charge in [0, 0.05) is 13.5 Å². The van der Waals surface area contributed by atoms with Crippen LogP contribution in [0.5, 0.6) is 0 Å². The molecule has 0 radical (unpaired) electrons. The van der Waals surface area contributed by atoms with Crippen LogP contribution in [0.4, 0.5) is 0 Å². The summed E-state index contributed by atoms with van der Waals surface area (Å²) < 4.78 is 5.05. The lowest BCUT2D eigenvalue weighted by molar-refractivity contribution is 0.185. The lowest BCUT2D eigenvalue weighted by Gasteiger charge is -2.02. The topological polar surface area (TPSA) is 9.23 Å². The summed E-state index contributed by atoms with van der Waals surface area (Å²) >= 11 is 0. The maximum atomic E-state index is 5.20. The number of hydrogen-bond donors (Lipinski definition) is 0. The van der Waals surface area contributed by atoms with E-state index in [1.807, 2.05) is 6.07 Å². The Morgan fingerprint density at radius 1 is 1.38 bits per heavy atom. The van der Waals surface area contributed by atoms with Crippen LogP contribution in [0.3, 0.4) is 0 Å². The summed E-state index contributed by atoms with van der Waals surface area (Å²) in [5.74, 6) is 2.64. The summed E-state index contributed by atoms with van der Waals surface area (Å²) in [6, 6.07) is 8.33. The highest BCUT2D eigenvalue weighted by atomic mass is 16.5. The third kappa shape index (κ3) is 3.31. The molecule has 0 aliphatic heterocycles. The molecular formula is C12H14O. The molecule has 0 aromatic heterocycles. The number of ether oxygens (including phenoxy) is 1. The van der Waals surface area contributed by atoms with Crippen LogP contribution in [0.15, 0.2) is 24.3 Å². The zero-order chi connectivity index (χ0) is 9.52. The number of methoxy groups -OCH3 is 1. The smallest absolute Gasteiger partial charge is 0.0713 e.